The molecule has 20 heavy (non-hydrogen) atoms. The minimum absolute atomic E-state index is 0.0594. The third-order valence-electron chi connectivity index (χ3n) is 2.45. The number of benzene rings is 1. The van der Waals surface area contributed by atoms with E-state index < -0.39 is 10.9 Å². The Bertz CT molecular complexity index is 670. The molecule has 6 nitrogen and oxygen atoms in total. The maximum Gasteiger partial charge on any atom is 0.335 e. The summed E-state index contributed by atoms with van der Waals surface area (Å²) in [7, 11) is 0. The second-order valence-electron chi connectivity index (χ2n) is 3.73. The summed E-state index contributed by atoms with van der Waals surface area (Å²) in [6.45, 7) is 0.127. The Morgan fingerprint density at radius 2 is 2.20 bits per heavy atom. The van der Waals surface area contributed by atoms with Gasteiger partial charge in [-0.15, -0.1) is 11.3 Å². The first kappa shape index (κ1) is 14.5. The van der Waals surface area contributed by atoms with E-state index in [1.54, 1.807) is 0 Å². The van der Waals surface area contributed by atoms with Gasteiger partial charge in [-0.2, -0.15) is 0 Å². The first-order valence-corrected chi connectivity index (χ1v) is 7.02. The Morgan fingerprint density at radius 1 is 1.45 bits per heavy atom. The molecule has 0 amide bonds. The number of halogens is 1. The van der Waals surface area contributed by atoms with Crippen LogP contribution in [0.2, 0.25) is 0 Å². The van der Waals surface area contributed by atoms with Gasteiger partial charge < -0.3 is 9.84 Å². The molecule has 0 bridgehead atoms. The fraction of sp³-hybridized carbons (Fsp3) is 0.0833. The van der Waals surface area contributed by atoms with Crippen molar-refractivity contribution in [2.45, 2.75) is 6.61 Å². The van der Waals surface area contributed by atoms with Crippen LogP contribution in [-0.2, 0) is 6.61 Å². The number of carboxylic acid groups (broad SMARTS) is 1. The van der Waals surface area contributed by atoms with E-state index in [2.05, 4.69) is 15.9 Å². The van der Waals surface area contributed by atoms with Crippen molar-refractivity contribution in [2.75, 3.05) is 0 Å². The van der Waals surface area contributed by atoms with Gasteiger partial charge >= 0.3 is 11.7 Å². The van der Waals surface area contributed by atoms with Gasteiger partial charge in [-0.25, -0.2) is 4.79 Å². The molecule has 2 aromatic rings. The van der Waals surface area contributed by atoms with E-state index in [4.69, 9.17) is 9.84 Å². The molecular formula is C12H8BrNO5S. The molecule has 0 saturated carbocycles. The Balaban J connectivity index is 2.28. The summed E-state index contributed by atoms with van der Waals surface area (Å²) in [6.07, 6.45) is 0. The number of carboxylic acids is 1. The van der Waals surface area contributed by atoms with Crippen LogP contribution in [0.3, 0.4) is 0 Å². The first-order valence-electron chi connectivity index (χ1n) is 5.35. The zero-order valence-corrected chi connectivity index (χ0v) is 12.3. The van der Waals surface area contributed by atoms with E-state index in [-0.39, 0.29) is 23.6 Å². The number of carbonyl (C=O) groups is 1. The molecule has 1 heterocycles. The maximum absolute atomic E-state index is 10.9. The van der Waals surface area contributed by atoms with E-state index in [1.807, 2.05) is 11.4 Å². The van der Waals surface area contributed by atoms with Crippen LogP contribution in [0.4, 0.5) is 5.69 Å². The third-order valence-corrected chi connectivity index (χ3v) is 4.35. The van der Waals surface area contributed by atoms with Gasteiger partial charge in [0.25, 0.3) is 0 Å². The lowest BCUT2D eigenvalue weighted by molar-refractivity contribution is -0.385. The molecule has 0 spiro atoms. The molecule has 8 heteroatoms. The van der Waals surface area contributed by atoms with Gasteiger partial charge in [0.15, 0.2) is 5.75 Å². The van der Waals surface area contributed by atoms with E-state index in [1.165, 1.54) is 17.4 Å². The highest BCUT2D eigenvalue weighted by Gasteiger charge is 2.18. The van der Waals surface area contributed by atoms with Crippen LogP contribution in [0.1, 0.15) is 15.2 Å². The molecule has 0 fully saturated rings. The molecule has 1 aromatic carbocycles. The Kier molecular flexibility index (Phi) is 4.35. The summed E-state index contributed by atoms with van der Waals surface area (Å²) in [5.41, 5.74) is -0.321. The molecule has 104 valence electrons. The standard InChI is InChI=1S/C12H8BrNO5S/c13-8-3-4-20-11(8)6-19-10-5-7(12(15)16)1-2-9(10)14(17)18/h1-5H,6H2,(H,15,16). The highest BCUT2D eigenvalue weighted by molar-refractivity contribution is 9.10. The van der Waals surface area contributed by atoms with Gasteiger partial charge in [0.1, 0.15) is 6.61 Å². The van der Waals surface area contributed by atoms with Crippen molar-refractivity contribution in [3.05, 3.63) is 54.7 Å². The molecule has 0 aliphatic rings. The summed E-state index contributed by atoms with van der Waals surface area (Å²) in [5.74, 6) is -1.22. The average Bonchev–Trinajstić information content (AvgIpc) is 2.81. The molecular weight excluding hydrogens is 350 g/mol. The quantitative estimate of drug-likeness (QED) is 0.650. The first-order chi connectivity index (χ1) is 9.49. The highest BCUT2D eigenvalue weighted by atomic mass is 79.9. The van der Waals surface area contributed by atoms with Crippen LogP contribution in [0.25, 0.3) is 0 Å². The van der Waals surface area contributed by atoms with Gasteiger partial charge in [0, 0.05) is 16.6 Å². The fourth-order valence-electron chi connectivity index (χ4n) is 1.48. The number of thiophene rings is 1. The fourth-order valence-corrected chi connectivity index (χ4v) is 2.86. The number of nitrogens with zero attached hydrogens (tertiary/aromatic N) is 1. The van der Waals surface area contributed by atoms with Crippen LogP contribution >= 0.6 is 27.3 Å². The van der Waals surface area contributed by atoms with Crippen molar-refractivity contribution in [3.63, 3.8) is 0 Å². The minimum Gasteiger partial charge on any atom is -0.481 e. The predicted molar refractivity (Wildman–Crippen MR) is 76.4 cm³/mol. The van der Waals surface area contributed by atoms with Gasteiger partial charge in [-0.3, -0.25) is 10.1 Å². The molecule has 0 aliphatic carbocycles. The monoisotopic (exact) mass is 357 g/mol. The van der Waals surface area contributed by atoms with Gasteiger partial charge in [-0.05, 0) is 33.4 Å². The normalized spacial score (nSPS) is 10.2. The second-order valence-corrected chi connectivity index (χ2v) is 5.58. The number of ether oxygens (including phenoxy) is 1. The number of rotatable bonds is 5. The Hall–Kier alpha value is -1.93. The SMILES string of the molecule is O=C(O)c1ccc([N+](=O)[O-])c(OCc2sccc2Br)c1. The summed E-state index contributed by atoms with van der Waals surface area (Å²) in [5, 5.41) is 21.7. The number of nitro groups is 1. The van der Waals surface area contributed by atoms with Crippen molar-refractivity contribution in [1.82, 2.24) is 0 Å². The molecule has 0 saturated heterocycles. The zero-order chi connectivity index (χ0) is 14.7. The van der Waals surface area contributed by atoms with E-state index in [0.717, 1.165) is 21.5 Å². The molecule has 0 atom stereocenters. The van der Waals surface area contributed by atoms with Gasteiger partial charge in [-0.1, -0.05) is 0 Å². The summed E-state index contributed by atoms with van der Waals surface area (Å²) < 4.78 is 6.24. The summed E-state index contributed by atoms with van der Waals surface area (Å²) in [6, 6.07) is 5.30. The summed E-state index contributed by atoms with van der Waals surface area (Å²) in [4.78, 5) is 22.0. The van der Waals surface area contributed by atoms with Gasteiger partial charge in [0.05, 0.1) is 15.4 Å². The molecule has 0 unspecified atom stereocenters. The number of nitro benzene ring substituents is 1. The highest BCUT2D eigenvalue weighted by Crippen LogP contribution is 2.30. The molecule has 2 rings (SSSR count). The largest absolute Gasteiger partial charge is 0.481 e. The van der Waals surface area contributed by atoms with Crippen molar-refractivity contribution in [2.24, 2.45) is 0 Å². The molecule has 1 N–H and O–H groups in total. The maximum atomic E-state index is 10.9. The smallest absolute Gasteiger partial charge is 0.335 e. The van der Waals surface area contributed by atoms with Crippen LogP contribution < -0.4 is 4.74 Å². The molecule has 0 radical (unpaired) electrons. The lowest BCUT2D eigenvalue weighted by Gasteiger charge is -2.07. The van der Waals surface area contributed by atoms with E-state index in [9.17, 15) is 14.9 Å². The second kappa shape index (κ2) is 6.02. The number of hydrogen-bond acceptors (Lipinski definition) is 5. The van der Waals surface area contributed by atoms with Crippen molar-refractivity contribution >= 4 is 38.9 Å². The van der Waals surface area contributed by atoms with Crippen LogP contribution in [0.5, 0.6) is 5.75 Å². The molecule has 0 aliphatic heterocycles. The molecule has 1 aromatic heterocycles. The Morgan fingerprint density at radius 3 is 2.75 bits per heavy atom. The average molecular weight is 358 g/mol. The summed E-state index contributed by atoms with van der Waals surface area (Å²) >= 11 is 4.76. The number of aromatic carboxylic acids is 1. The van der Waals surface area contributed by atoms with Crippen LogP contribution in [0.15, 0.2) is 34.1 Å². The lowest BCUT2D eigenvalue weighted by Crippen LogP contribution is -2.02. The van der Waals surface area contributed by atoms with Crippen LogP contribution in [0, 0.1) is 10.1 Å². The van der Waals surface area contributed by atoms with E-state index in [0.29, 0.717) is 0 Å². The lowest BCUT2D eigenvalue weighted by atomic mass is 10.2. The van der Waals surface area contributed by atoms with Crippen molar-refractivity contribution in [3.8, 4) is 5.75 Å². The minimum atomic E-state index is -1.16. The van der Waals surface area contributed by atoms with Crippen molar-refractivity contribution in [1.29, 1.82) is 0 Å². The Labute approximate surface area is 125 Å². The van der Waals surface area contributed by atoms with E-state index >= 15 is 0 Å². The topological polar surface area (TPSA) is 89.7 Å². The van der Waals surface area contributed by atoms with Crippen LogP contribution in [-0.4, -0.2) is 16.0 Å². The number of hydrogen-bond donors (Lipinski definition) is 1. The van der Waals surface area contributed by atoms with Gasteiger partial charge in [0.2, 0.25) is 0 Å². The predicted octanol–water partition coefficient (Wildman–Crippen LogP) is 3.70. The third kappa shape index (κ3) is 3.14. The van der Waals surface area contributed by atoms with Crippen molar-refractivity contribution < 1.29 is 19.6 Å². The zero-order valence-electron chi connectivity index (χ0n) is 9.91.